The zero-order chi connectivity index (χ0) is 23.6. The summed E-state index contributed by atoms with van der Waals surface area (Å²) >= 11 is 5.84. The molecule has 4 rings (SSSR count). The molecule has 3 amide bonds. The average Bonchev–Trinajstić information content (AvgIpc) is 3.02. The van der Waals surface area contributed by atoms with Crippen LogP contribution in [0.4, 0.5) is 4.79 Å². The lowest BCUT2D eigenvalue weighted by Gasteiger charge is -2.34. The SMILES string of the molecule is Cc1cccc(CC2(CS(=O)(=O)N3CCC(Oc4ccc(Cl)cn4)CC3)NC(=O)NC2=O)c1. The number of rotatable bonds is 7. The maximum Gasteiger partial charge on any atom is 0.322 e. The third-order valence-corrected chi connectivity index (χ3v) is 8.05. The summed E-state index contributed by atoms with van der Waals surface area (Å²) in [4.78, 5) is 28.8. The number of carbonyl (C=O) groups is 2. The van der Waals surface area contributed by atoms with Gasteiger partial charge in [0.15, 0.2) is 0 Å². The Morgan fingerprint density at radius 2 is 1.97 bits per heavy atom. The van der Waals surface area contributed by atoms with Crippen LogP contribution in [0.2, 0.25) is 5.02 Å². The van der Waals surface area contributed by atoms with Crippen LogP contribution in [0, 0.1) is 6.92 Å². The van der Waals surface area contributed by atoms with Crippen molar-refractivity contribution in [1.82, 2.24) is 19.9 Å². The number of nitrogens with one attached hydrogen (secondary N) is 2. The van der Waals surface area contributed by atoms with E-state index in [0.29, 0.717) is 23.7 Å². The number of urea groups is 1. The second kappa shape index (κ2) is 9.28. The second-order valence-corrected chi connectivity index (χ2v) is 10.8. The van der Waals surface area contributed by atoms with Gasteiger partial charge in [0.2, 0.25) is 15.9 Å². The van der Waals surface area contributed by atoms with Gasteiger partial charge in [-0.3, -0.25) is 10.1 Å². The Hall–Kier alpha value is -2.69. The lowest BCUT2D eigenvalue weighted by molar-refractivity contribution is -0.123. The molecule has 176 valence electrons. The summed E-state index contributed by atoms with van der Waals surface area (Å²) in [7, 11) is -3.84. The molecule has 1 aromatic heterocycles. The van der Waals surface area contributed by atoms with E-state index in [2.05, 4.69) is 15.6 Å². The molecule has 0 bridgehead atoms. The topological polar surface area (TPSA) is 118 Å². The van der Waals surface area contributed by atoms with Crippen LogP contribution < -0.4 is 15.4 Å². The first-order valence-electron chi connectivity index (χ1n) is 10.6. The third kappa shape index (κ3) is 5.45. The lowest BCUT2D eigenvalue weighted by atomic mass is 9.92. The number of ether oxygens (including phenoxy) is 1. The first-order chi connectivity index (χ1) is 15.6. The van der Waals surface area contributed by atoms with Gasteiger partial charge in [-0.15, -0.1) is 0 Å². The number of benzene rings is 1. The summed E-state index contributed by atoms with van der Waals surface area (Å²) in [5, 5.41) is 5.28. The van der Waals surface area contributed by atoms with Crippen LogP contribution in [-0.2, 0) is 21.2 Å². The highest BCUT2D eigenvalue weighted by Gasteiger charge is 2.50. The molecule has 2 N–H and O–H groups in total. The predicted octanol–water partition coefficient (Wildman–Crippen LogP) is 2.04. The third-order valence-electron chi connectivity index (χ3n) is 5.81. The van der Waals surface area contributed by atoms with Crippen LogP contribution >= 0.6 is 11.6 Å². The Balaban J connectivity index is 1.45. The normalized spacial score (nSPS) is 22.1. The molecule has 2 fully saturated rings. The van der Waals surface area contributed by atoms with Crippen molar-refractivity contribution in [3.63, 3.8) is 0 Å². The van der Waals surface area contributed by atoms with E-state index in [0.717, 1.165) is 11.1 Å². The monoisotopic (exact) mass is 492 g/mol. The number of halogens is 1. The van der Waals surface area contributed by atoms with Gasteiger partial charge in [0.1, 0.15) is 11.6 Å². The molecule has 0 aliphatic carbocycles. The van der Waals surface area contributed by atoms with Crippen molar-refractivity contribution in [1.29, 1.82) is 0 Å². The van der Waals surface area contributed by atoms with E-state index in [9.17, 15) is 18.0 Å². The van der Waals surface area contributed by atoms with Gasteiger partial charge in [0.25, 0.3) is 5.91 Å². The van der Waals surface area contributed by atoms with Crippen molar-refractivity contribution in [2.45, 2.75) is 37.8 Å². The molecule has 1 aromatic carbocycles. The summed E-state index contributed by atoms with van der Waals surface area (Å²) in [6, 6.07) is 10.1. The Kier molecular flexibility index (Phi) is 6.60. The number of hydrogen-bond donors (Lipinski definition) is 2. The predicted molar refractivity (Wildman–Crippen MR) is 123 cm³/mol. The Morgan fingerprint density at radius 1 is 1.21 bits per heavy atom. The highest BCUT2D eigenvalue weighted by Crippen LogP contribution is 2.25. The number of piperidine rings is 1. The molecule has 1 atom stereocenters. The average molecular weight is 493 g/mol. The van der Waals surface area contributed by atoms with Crippen LogP contribution in [-0.4, -0.2) is 60.1 Å². The van der Waals surface area contributed by atoms with Gasteiger partial charge >= 0.3 is 6.03 Å². The minimum Gasteiger partial charge on any atom is -0.474 e. The van der Waals surface area contributed by atoms with Crippen molar-refractivity contribution in [2.75, 3.05) is 18.8 Å². The van der Waals surface area contributed by atoms with E-state index in [1.165, 1.54) is 10.5 Å². The highest BCUT2D eigenvalue weighted by atomic mass is 35.5. The van der Waals surface area contributed by atoms with Crippen LogP contribution in [0.15, 0.2) is 42.6 Å². The maximum absolute atomic E-state index is 13.3. The summed E-state index contributed by atoms with van der Waals surface area (Å²) < 4.78 is 33.8. The molecule has 0 spiro atoms. The molecule has 0 saturated carbocycles. The first-order valence-corrected chi connectivity index (χ1v) is 12.6. The number of aryl methyl sites for hydroxylation is 1. The van der Waals surface area contributed by atoms with Crippen molar-refractivity contribution < 1.29 is 22.7 Å². The van der Waals surface area contributed by atoms with Crippen LogP contribution in [0.5, 0.6) is 5.88 Å². The number of imide groups is 1. The van der Waals surface area contributed by atoms with Crippen LogP contribution in [0.25, 0.3) is 0 Å². The highest BCUT2D eigenvalue weighted by molar-refractivity contribution is 7.89. The molecule has 3 heterocycles. The van der Waals surface area contributed by atoms with Crippen LogP contribution in [0.1, 0.15) is 24.0 Å². The molecular weight excluding hydrogens is 468 g/mol. The number of sulfonamides is 1. The van der Waals surface area contributed by atoms with Crippen molar-refractivity contribution in [2.24, 2.45) is 0 Å². The molecule has 2 aromatic rings. The molecule has 9 nitrogen and oxygen atoms in total. The largest absolute Gasteiger partial charge is 0.474 e. The van der Waals surface area contributed by atoms with Crippen molar-refractivity contribution >= 4 is 33.6 Å². The summed E-state index contributed by atoms with van der Waals surface area (Å²) in [6.45, 7) is 2.40. The van der Waals surface area contributed by atoms with E-state index in [-0.39, 0.29) is 25.6 Å². The first kappa shape index (κ1) is 23.5. The van der Waals surface area contributed by atoms with Crippen molar-refractivity contribution in [3.8, 4) is 5.88 Å². The van der Waals surface area contributed by atoms with E-state index < -0.39 is 33.3 Å². The van der Waals surface area contributed by atoms with Crippen molar-refractivity contribution in [3.05, 3.63) is 58.7 Å². The Morgan fingerprint density at radius 3 is 2.58 bits per heavy atom. The standard InChI is InChI=1S/C22H25ClN4O5S/c1-15-3-2-4-16(11-15)12-22(20(28)25-21(29)26-22)14-33(30,31)27-9-7-18(8-10-27)32-19-6-5-17(23)13-24-19/h2-6,11,13,18H,7-10,12,14H2,1H3,(H2,25,26,28,29). The smallest absolute Gasteiger partial charge is 0.322 e. The lowest BCUT2D eigenvalue weighted by Crippen LogP contribution is -2.57. The van der Waals surface area contributed by atoms with Gasteiger partial charge < -0.3 is 10.1 Å². The summed E-state index contributed by atoms with van der Waals surface area (Å²) in [5.74, 6) is -0.719. The second-order valence-electron chi connectivity index (χ2n) is 8.44. The van der Waals surface area contributed by atoms with Gasteiger partial charge in [-0.2, -0.15) is 0 Å². The van der Waals surface area contributed by atoms with Gasteiger partial charge in [-0.1, -0.05) is 41.4 Å². The number of carbonyl (C=O) groups excluding carboxylic acids is 2. The maximum atomic E-state index is 13.3. The van der Waals surface area contributed by atoms with Gasteiger partial charge in [-0.05, 0) is 31.4 Å². The van der Waals surface area contributed by atoms with Crippen LogP contribution in [0.3, 0.4) is 0 Å². The summed E-state index contributed by atoms with van der Waals surface area (Å²) in [5.41, 5.74) is 0.183. The van der Waals surface area contributed by atoms with E-state index in [1.54, 1.807) is 12.1 Å². The fraction of sp³-hybridized carbons (Fsp3) is 0.409. The fourth-order valence-corrected chi connectivity index (χ4v) is 6.20. The molecule has 2 aliphatic heterocycles. The van der Waals surface area contributed by atoms with Gasteiger partial charge in [0, 0.05) is 31.8 Å². The molecular formula is C22H25ClN4O5S. The molecule has 11 heteroatoms. The number of amides is 3. The molecule has 33 heavy (non-hydrogen) atoms. The van der Waals surface area contributed by atoms with Gasteiger partial charge in [0.05, 0.1) is 10.8 Å². The Labute approximate surface area is 197 Å². The van der Waals surface area contributed by atoms with E-state index >= 15 is 0 Å². The zero-order valence-electron chi connectivity index (χ0n) is 18.1. The number of pyridine rings is 1. The summed E-state index contributed by atoms with van der Waals surface area (Å²) in [6.07, 6.45) is 2.35. The van der Waals surface area contributed by atoms with Gasteiger partial charge in [-0.25, -0.2) is 22.5 Å². The number of nitrogens with zero attached hydrogens (tertiary/aromatic N) is 2. The number of hydrogen-bond acceptors (Lipinski definition) is 6. The molecule has 2 aliphatic rings. The molecule has 0 radical (unpaired) electrons. The molecule has 1 unspecified atom stereocenters. The quantitative estimate of drug-likeness (QED) is 0.571. The molecule has 2 saturated heterocycles. The zero-order valence-corrected chi connectivity index (χ0v) is 19.7. The van der Waals surface area contributed by atoms with E-state index in [1.807, 2.05) is 31.2 Å². The fourth-order valence-electron chi connectivity index (χ4n) is 4.21. The Bertz CT molecular complexity index is 1150. The number of aromatic nitrogens is 1. The minimum absolute atomic E-state index is 0.0767. The minimum atomic E-state index is -3.84. The van der Waals surface area contributed by atoms with E-state index in [4.69, 9.17) is 16.3 Å².